The van der Waals surface area contributed by atoms with Crippen LogP contribution in [0.15, 0.2) is 59.7 Å². The summed E-state index contributed by atoms with van der Waals surface area (Å²) in [6.45, 7) is 5.33. The Morgan fingerprint density at radius 3 is 2.36 bits per heavy atom. The van der Waals surface area contributed by atoms with E-state index in [9.17, 15) is 22.8 Å². The van der Waals surface area contributed by atoms with Crippen molar-refractivity contribution in [2.45, 2.75) is 38.0 Å². The van der Waals surface area contributed by atoms with Crippen LogP contribution in [0.25, 0.3) is 0 Å². The number of esters is 1. The van der Waals surface area contributed by atoms with Crippen LogP contribution < -0.4 is 4.90 Å². The molecular formula is C29H31ClF3N3O3. The number of likely N-dealkylation sites (tertiary alicyclic amines) is 1. The Hall–Kier alpha value is -3.04. The summed E-state index contributed by atoms with van der Waals surface area (Å²) in [5.41, 5.74) is 0.726. The lowest BCUT2D eigenvalue weighted by molar-refractivity contribution is -0.151. The van der Waals surface area contributed by atoms with Gasteiger partial charge in [-0.15, -0.1) is 0 Å². The van der Waals surface area contributed by atoms with Crippen molar-refractivity contribution in [2.24, 2.45) is 0 Å². The van der Waals surface area contributed by atoms with Crippen molar-refractivity contribution in [3.63, 3.8) is 0 Å². The Kier molecular flexibility index (Phi) is 7.66. The predicted octanol–water partition coefficient (Wildman–Crippen LogP) is 4.96. The highest BCUT2D eigenvalue weighted by Crippen LogP contribution is 2.42. The summed E-state index contributed by atoms with van der Waals surface area (Å²) >= 11 is 6.30. The molecule has 2 saturated heterocycles. The number of nitrogens with zero attached hydrogens (tertiary/aromatic N) is 3. The van der Waals surface area contributed by atoms with Gasteiger partial charge < -0.3 is 19.4 Å². The quantitative estimate of drug-likeness (QED) is 0.483. The number of amides is 1. The fourth-order valence-corrected chi connectivity index (χ4v) is 6.01. The van der Waals surface area contributed by atoms with Crippen LogP contribution in [0.4, 0.5) is 18.9 Å². The number of ether oxygens (including phenoxy) is 1. The molecule has 39 heavy (non-hydrogen) atoms. The van der Waals surface area contributed by atoms with Gasteiger partial charge in [0.25, 0.3) is 5.91 Å². The number of halogens is 4. The molecule has 6 nitrogen and oxygen atoms in total. The zero-order valence-electron chi connectivity index (χ0n) is 21.8. The molecule has 3 aliphatic rings. The molecule has 0 N–H and O–H groups in total. The second-order valence-electron chi connectivity index (χ2n) is 10.4. The van der Waals surface area contributed by atoms with Gasteiger partial charge in [0, 0.05) is 74.9 Å². The molecule has 0 saturated carbocycles. The average Bonchev–Trinajstić information content (AvgIpc) is 3.17. The van der Waals surface area contributed by atoms with Gasteiger partial charge in [-0.05, 0) is 43.2 Å². The zero-order chi connectivity index (χ0) is 27.8. The molecule has 2 aromatic rings. The lowest BCUT2D eigenvalue weighted by Crippen LogP contribution is -2.53. The maximum atomic E-state index is 13.7. The second kappa shape index (κ2) is 10.8. The van der Waals surface area contributed by atoms with E-state index in [1.165, 1.54) is 6.07 Å². The molecule has 1 amide bonds. The summed E-state index contributed by atoms with van der Waals surface area (Å²) < 4.78 is 45.3. The van der Waals surface area contributed by atoms with Crippen molar-refractivity contribution >= 4 is 29.2 Å². The van der Waals surface area contributed by atoms with Crippen molar-refractivity contribution in [3.05, 3.63) is 75.8 Å². The third-order valence-electron chi connectivity index (χ3n) is 8.06. The fourth-order valence-electron chi connectivity index (χ4n) is 5.78. The van der Waals surface area contributed by atoms with Gasteiger partial charge in [-0.1, -0.05) is 35.9 Å². The number of piperazine rings is 1. The normalized spacial score (nSPS) is 20.1. The molecule has 2 fully saturated rings. The molecule has 10 heteroatoms. The number of benzene rings is 2. The average molecular weight is 562 g/mol. The maximum Gasteiger partial charge on any atom is 0.416 e. The van der Waals surface area contributed by atoms with E-state index in [1.54, 1.807) is 17.9 Å². The van der Waals surface area contributed by atoms with Gasteiger partial charge in [-0.2, -0.15) is 13.2 Å². The summed E-state index contributed by atoms with van der Waals surface area (Å²) in [4.78, 5) is 32.2. The molecule has 0 aromatic heterocycles. The summed E-state index contributed by atoms with van der Waals surface area (Å²) in [6, 6.07) is 13.0. The lowest BCUT2D eigenvalue weighted by Gasteiger charge is -2.42. The van der Waals surface area contributed by atoms with Crippen LogP contribution in [0.5, 0.6) is 0 Å². The van der Waals surface area contributed by atoms with Crippen molar-refractivity contribution in [1.82, 2.24) is 9.80 Å². The van der Waals surface area contributed by atoms with E-state index in [1.807, 2.05) is 29.2 Å². The minimum Gasteiger partial charge on any atom is -0.450 e. The monoisotopic (exact) mass is 561 g/mol. The third kappa shape index (κ3) is 5.65. The lowest BCUT2D eigenvalue weighted by atomic mass is 9.82. The van der Waals surface area contributed by atoms with Gasteiger partial charge in [0.1, 0.15) is 5.60 Å². The number of anilines is 1. The Morgan fingerprint density at radius 2 is 1.69 bits per heavy atom. The van der Waals surface area contributed by atoms with Gasteiger partial charge >= 0.3 is 12.1 Å². The van der Waals surface area contributed by atoms with Crippen LogP contribution >= 0.6 is 11.6 Å². The Balaban J connectivity index is 1.22. The van der Waals surface area contributed by atoms with Crippen molar-refractivity contribution in [3.8, 4) is 0 Å². The van der Waals surface area contributed by atoms with E-state index in [0.717, 1.165) is 35.7 Å². The predicted molar refractivity (Wildman–Crippen MR) is 143 cm³/mol. The second-order valence-corrected chi connectivity index (χ2v) is 10.8. The van der Waals surface area contributed by atoms with E-state index in [2.05, 4.69) is 4.90 Å². The maximum absolute atomic E-state index is 13.7. The smallest absolute Gasteiger partial charge is 0.416 e. The molecule has 0 bridgehead atoms. The third-order valence-corrected chi connectivity index (χ3v) is 8.43. The summed E-state index contributed by atoms with van der Waals surface area (Å²) in [5.74, 6) is -0.669. The molecule has 1 spiro atoms. The van der Waals surface area contributed by atoms with Crippen LogP contribution in [0.3, 0.4) is 0 Å². The summed E-state index contributed by atoms with van der Waals surface area (Å²) in [5, 5.41) is 0.746. The highest BCUT2D eigenvalue weighted by Gasteiger charge is 2.51. The van der Waals surface area contributed by atoms with E-state index < -0.39 is 23.3 Å². The summed E-state index contributed by atoms with van der Waals surface area (Å²) in [6.07, 6.45) is -2.54. The number of rotatable bonds is 5. The first kappa shape index (κ1) is 27.5. The van der Waals surface area contributed by atoms with E-state index in [-0.39, 0.29) is 5.91 Å². The van der Waals surface area contributed by atoms with Gasteiger partial charge in [0.05, 0.1) is 11.1 Å². The highest BCUT2D eigenvalue weighted by atomic mass is 35.5. The number of carbonyl (C=O) groups is 2. The molecular weight excluding hydrogens is 531 g/mol. The Labute approximate surface area is 231 Å². The van der Waals surface area contributed by atoms with E-state index >= 15 is 0 Å². The van der Waals surface area contributed by atoms with Crippen LogP contribution in [-0.4, -0.2) is 73.1 Å². The number of piperidine rings is 1. The minimum absolute atomic E-state index is 0.216. The van der Waals surface area contributed by atoms with Crippen LogP contribution in [0, 0.1) is 0 Å². The first-order valence-corrected chi connectivity index (χ1v) is 13.6. The molecule has 3 aliphatic heterocycles. The SMILES string of the molecule is CC1=C(C(=O)N2CCN(c3cccc(C(F)(F)F)c3)CC2)C2(CCN(CCc3ccccc3Cl)CC2)OC1=O. The number of hydrogen-bond acceptors (Lipinski definition) is 5. The van der Waals surface area contributed by atoms with Crippen molar-refractivity contribution in [1.29, 1.82) is 0 Å². The largest absolute Gasteiger partial charge is 0.450 e. The summed E-state index contributed by atoms with van der Waals surface area (Å²) in [7, 11) is 0. The molecule has 5 rings (SSSR count). The fraction of sp³-hybridized carbons (Fsp3) is 0.448. The first-order valence-electron chi connectivity index (χ1n) is 13.2. The van der Waals surface area contributed by atoms with Gasteiger partial charge in [0.15, 0.2) is 0 Å². The first-order chi connectivity index (χ1) is 18.6. The van der Waals surface area contributed by atoms with Crippen molar-refractivity contribution < 1.29 is 27.5 Å². The number of alkyl halides is 3. The van der Waals surface area contributed by atoms with Crippen LogP contribution in [-0.2, 0) is 26.9 Å². The molecule has 208 valence electrons. The van der Waals surface area contributed by atoms with Crippen LogP contribution in [0.2, 0.25) is 5.02 Å². The van der Waals surface area contributed by atoms with Crippen molar-refractivity contribution in [2.75, 3.05) is 50.7 Å². The molecule has 0 radical (unpaired) electrons. The highest BCUT2D eigenvalue weighted by molar-refractivity contribution is 6.31. The van der Waals surface area contributed by atoms with E-state index in [4.69, 9.17) is 16.3 Å². The van der Waals surface area contributed by atoms with Gasteiger partial charge in [-0.3, -0.25) is 4.79 Å². The Bertz CT molecular complexity index is 1280. The number of hydrogen-bond donors (Lipinski definition) is 0. The number of carbonyl (C=O) groups excluding carboxylic acids is 2. The minimum atomic E-state index is -4.41. The standard InChI is InChI=1S/C29H31ClF3N3O3/c1-20-25(26(37)36-17-15-35(16-18-36)23-7-4-6-22(19-23)29(31,32)33)28(39-27(20)38)10-13-34(14-11-28)12-9-21-5-2-3-8-24(21)30/h2-8,19H,9-18H2,1H3. The van der Waals surface area contributed by atoms with E-state index in [0.29, 0.717) is 68.9 Å². The zero-order valence-corrected chi connectivity index (χ0v) is 22.5. The Morgan fingerprint density at radius 1 is 1.00 bits per heavy atom. The molecule has 2 aromatic carbocycles. The topological polar surface area (TPSA) is 53.1 Å². The molecule has 0 aliphatic carbocycles. The van der Waals surface area contributed by atoms with Gasteiger partial charge in [0.2, 0.25) is 0 Å². The molecule has 0 unspecified atom stereocenters. The van der Waals surface area contributed by atoms with Crippen LogP contribution in [0.1, 0.15) is 30.9 Å². The molecule has 0 atom stereocenters. The molecule has 3 heterocycles. The van der Waals surface area contributed by atoms with Gasteiger partial charge in [-0.25, -0.2) is 4.79 Å².